The number of methoxy groups -OCH3 is 1. The summed E-state index contributed by atoms with van der Waals surface area (Å²) in [6, 6.07) is 10.1. The van der Waals surface area contributed by atoms with Gasteiger partial charge in [-0.25, -0.2) is 4.39 Å². The quantitative estimate of drug-likeness (QED) is 0.794. The van der Waals surface area contributed by atoms with Gasteiger partial charge in [0.2, 0.25) is 0 Å². The summed E-state index contributed by atoms with van der Waals surface area (Å²) >= 11 is 1.48. The molecule has 2 aromatic heterocycles. The predicted molar refractivity (Wildman–Crippen MR) is 77.2 cm³/mol. The maximum absolute atomic E-state index is 13.2. The van der Waals surface area contributed by atoms with Crippen LogP contribution < -0.4 is 5.73 Å². The van der Waals surface area contributed by atoms with Crippen LogP contribution in [0.5, 0.6) is 0 Å². The molecule has 0 aliphatic carbocycles. The Morgan fingerprint density at radius 1 is 1.30 bits per heavy atom. The SMILES string of the molecule is COCc1ccc(C(N)c2cc3ccc(F)cc3s2)o1. The van der Waals surface area contributed by atoms with Gasteiger partial charge in [-0.15, -0.1) is 11.3 Å². The van der Waals surface area contributed by atoms with Gasteiger partial charge in [-0.3, -0.25) is 0 Å². The van der Waals surface area contributed by atoms with E-state index in [1.165, 1.54) is 23.5 Å². The number of benzene rings is 1. The van der Waals surface area contributed by atoms with Gasteiger partial charge in [0.1, 0.15) is 23.9 Å². The molecule has 0 aliphatic rings. The van der Waals surface area contributed by atoms with Crippen molar-refractivity contribution in [2.45, 2.75) is 12.6 Å². The molecule has 104 valence electrons. The van der Waals surface area contributed by atoms with E-state index in [0.29, 0.717) is 12.4 Å². The van der Waals surface area contributed by atoms with Crippen molar-refractivity contribution in [3.05, 3.63) is 58.6 Å². The second-order valence-corrected chi connectivity index (χ2v) is 5.66. The summed E-state index contributed by atoms with van der Waals surface area (Å²) in [5.41, 5.74) is 6.21. The number of fused-ring (bicyclic) bond motifs is 1. The number of rotatable bonds is 4. The molecule has 0 saturated carbocycles. The summed E-state index contributed by atoms with van der Waals surface area (Å²) in [5, 5.41) is 0.991. The van der Waals surface area contributed by atoms with Crippen LogP contribution in [-0.2, 0) is 11.3 Å². The van der Waals surface area contributed by atoms with Crippen LogP contribution in [-0.4, -0.2) is 7.11 Å². The molecular weight excluding hydrogens is 277 g/mol. The molecule has 1 unspecified atom stereocenters. The Hall–Kier alpha value is -1.69. The van der Waals surface area contributed by atoms with Gasteiger partial charge in [-0.05, 0) is 35.7 Å². The Labute approximate surface area is 119 Å². The van der Waals surface area contributed by atoms with Crippen LogP contribution in [0.3, 0.4) is 0 Å². The largest absolute Gasteiger partial charge is 0.462 e. The van der Waals surface area contributed by atoms with Crippen LogP contribution in [0.1, 0.15) is 22.4 Å². The molecule has 0 radical (unpaired) electrons. The topological polar surface area (TPSA) is 48.4 Å². The molecule has 3 nitrogen and oxygen atoms in total. The first-order valence-electron chi connectivity index (χ1n) is 6.19. The molecule has 2 heterocycles. The van der Waals surface area contributed by atoms with Crippen molar-refractivity contribution >= 4 is 21.4 Å². The van der Waals surface area contributed by atoms with E-state index < -0.39 is 0 Å². The minimum Gasteiger partial charge on any atom is -0.462 e. The fourth-order valence-electron chi connectivity index (χ4n) is 2.10. The zero-order chi connectivity index (χ0) is 14.1. The molecule has 0 bridgehead atoms. The Balaban J connectivity index is 1.92. The lowest BCUT2D eigenvalue weighted by Crippen LogP contribution is -2.08. The summed E-state index contributed by atoms with van der Waals surface area (Å²) in [7, 11) is 1.61. The maximum Gasteiger partial charge on any atom is 0.129 e. The first-order chi connectivity index (χ1) is 9.67. The van der Waals surface area contributed by atoms with Crippen LogP contribution in [0.4, 0.5) is 4.39 Å². The van der Waals surface area contributed by atoms with Gasteiger partial charge in [-0.2, -0.15) is 0 Å². The Bertz CT molecular complexity index is 734. The summed E-state index contributed by atoms with van der Waals surface area (Å²) < 4.78 is 24.7. The van der Waals surface area contributed by atoms with Crippen molar-refractivity contribution in [3.63, 3.8) is 0 Å². The van der Waals surface area contributed by atoms with E-state index in [2.05, 4.69) is 0 Å². The Morgan fingerprint density at radius 3 is 2.95 bits per heavy atom. The smallest absolute Gasteiger partial charge is 0.129 e. The van der Waals surface area contributed by atoms with E-state index in [9.17, 15) is 4.39 Å². The number of nitrogens with two attached hydrogens (primary N) is 1. The molecule has 0 saturated heterocycles. The minimum atomic E-state index is -0.346. The number of hydrogen-bond donors (Lipinski definition) is 1. The second kappa shape index (κ2) is 5.36. The maximum atomic E-state index is 13.2. The molecule has 5 heteroatoms. The normalized spacial score (nSPS) is 12.9. The van der Waals surface area contributed by atoms with Gasteiger partial charge in [0.25, 0.3) is 0 Å². The zero-order valence-corrected chi connectivity index (χ0v) is 11.7. The van der Waals surface area contributed by atoms with Crippen LogP contribution in [0.25, 0.3) is 10.1 Å². The van der Waals surface area contributed by atoms with E-state index in [1.54, 1.807) is 13.2 Å². The number of ether oxygens (including phenoxy) is 1. The van der Waals surface area contributed by atoms with Gasteiger partial charge in [0.15, 0.2) is 0 Å². The van der Waals surface area contributed by atoms with Crippen molar-refractivity contribution in [1.82, 2.24) is 0 Å². The van der Waals surface area contributed by atoms with Crippen molar-refractivity contribution < 1.29 is 13.5 Å². The average molecular weight is 291 g/mol. The van der Waals surface area contributed by atoms with E-state index >= 15 is 0 Å². The average Bonchev–Trinajstić information content (AvgIpc) is 3.04. The molecule has 0 amide bonds. The van der Waals surface area contributed by atoms with E-state index in [-0.39, 0.29) is 11.9 Å². The van der Waals surface area contributed by atoms with Crippen LogP contribution in [0.2, 0.25) is 0 Å². The summed E-state index contributed by atoms with van der Waals surface area (Å²) in [6.45, 7) is 0.421. The highest BCUT2D eigenvalue weighted by Gasteiger charge is 2.16. The summed E-state index contributed by atoms with van der Waals surface area (Å²) in [6.07, 6.45) is 0. The van der Waals surface area contributed by atoms with Crippen LogP contribution in [0, 0.1) is 5.82 Å². The summed E-state index contributed by atoms with van der Waals surface area (Å²) in [4.78, 5) is 0.948. The number of hydrogen-bond acceptors (Lipinski definition) is 4. The van der Waals surface area contributed by atoms with E-state index in [4.69, 9.17) is 14.9 Å². The first kappa shape index (κ1) is 13.3. The van der Waals surface area contributed by atoms with Crippen LogP contribution in [0.15, 0.2) is 40.8 Å². The van der Waals surface area contributed by atoms with Crippen molar-refractivity contribution in [1.29, 1.82) is 0 Å². The highest BCUT2D eigenvalue weighted by atomic mass is 32.1. The van der Waals surface area contributed by atoms with Gasteiger partial charge >= 0.3 is 0 Å². The third kappa shape index (κ3) is 2.47. The lowest BCUT2D eigenvalue weighted by molar-refractivity contribution is 0.162. The van der Waals surface area contributed by atoms with Crippen molar-refractivity contribution in [3.8, 4) is 0 Å². The molecule has 0 fully saturated rings. The highest BCUT2D eigenvalue weighted by Crippen LogP contribution is 2.33. The second-order valence-electron chi connectivity index (χ2n) is 4.55. The highest BCUT2D eigenvalue weighted by molar-refractivity contribution is 7.19. The first-order valence-corrected chi connectivity index (χ1v) is 7.01. The van der Waals surface area contributed by atoms with Gasteiger partial charge in [-0.1, -0.05) is 6.07 Å². The third-order valence-electron chi connectivity index (χ3n) is 3.08. The molecule has 1 aromatic carbocycles. The number of halogens is 1. The molecule has 0 spiro atoms. The van der Waals surface area contributed by atoms with Gasteiger partial charge in [0, 0.05) is 16.7 Å². The Kier molecular flexibility index (Phi) is 3.56. The third-order valence-corrected chi connectivity index (χ3v) is 4.26. The van der Waals surface area contributed by atoms with Gasteiger partial charge in [0.05, 0.1) is 6.04 Å². The van der Waals surface area contributed by atoms with E-state index in [1.807, 2.05) is 18.2 Å². The lowest BCUT2D eigenvalue weighted by Gasteiger charge is -2.05. The van der Waals surface area contributed by atoms with Crippen molar-refractivity contribution in [2.24, 2.45) is 5.73 Å². The molecule has 20 heavy (non-hydrogen) atoms. The summed E-state index contributed by atoms with van der Waals surface area (Å²) in [5.74, 6) is 1.19. The molecule has 1 atom stereocenters. The standard InChI is InChI=1S/C15H14FNO2S/c1-18-8-11-4-5-12(19-11)15(17)14-6-9-2-3-10(16)7-13(9)20-14/h2-7,15H,8,17H2,1H3. The van der Waals surface area contributed by atoms with Crippen molar-refractivity contribution in [2.75, 3.05) is 7.11 Å². The van der Waals surface area contributed by atoms with Crippen LogP contribution >= 0.6 is 11.3 Å². The molecular formula is C15H14FNO2S. The minimum absolute atomic E-state index is 0.236. The predicted octanol–water partition coefficient (Wildman–Crippen LogP) is 3.83. The fraction of sp³-hybridized carbons (Fsp3) is 0.200. The molecule has 3 rings (SSSR count). The number of thiophene rings is 1. The van der Waals surface area contributed by atoms with Gasteiger partial charge < -0.3 is 14.9 Å². The monoisotopic (exact) mass is 291 g/mol. The number of furan rings is 1. The molecule has 2 N–H and O–H groups in total. The fourth-order valence-corrected chi connectivity index (χ4v) is 3.20. The zero-order valence-electron chi connectivity index (χ0n) is 10.9. The van der Waals surface area contributed by atoms with E-state index in [0.717, 1.165) is 20.7 Å². The Morgan fingerprint density at radius 2 is 2.15 bits per heavy atom. The molecule has 0 aliphatic heterocycles. The lowest BCUT2D eigenvalue weighted by atomic mass is 10.2. The molecule has 3 aromatic rings.